The quantitative estimate of drug-likeness (QED) is 0.739. The molecule has 2 heterocycles. The molecule has 0 unspecified atom stereocenters. The second-order valence-corrected chi connectivity index (χ2v) is 8.53. The van der Waals surface area contributed by atoms with Crippen molar-refractivity contribution >= 4 is 26.6 Å². The van der Waals surface area contributed by atoms with E-state index in [0.29, 0.717) is 18.0 Å². The maximum Gasteiger partial charge on any atom is 0.243 e. The highest BCUT2D eigenvalue weighted by Crippen LogP contribution is 2.30. The number of fused-ring (bicyclic) bond motifs is 1. The number of aromatic amines is 1. The molecule has 1 atom stereocenters. The molecule has 1 saturated heterocycles. The maximum absolute atomic E-state index is 13.2. The minimum Gasteiger partial charge on any atom is -0.508 e. The molecule has 1 aliphatic rings. The van der Waals surface area contributed by atoms with Crippen LogP contribution in [0.25, 0.3) is 10.9 Å². The average Bonchev–Trinajstić information content (AvgIpc) is 3.31. The lowest BCUT2D eigenvalue weighted by Crippen LogP contribution is -2.36. The maximum atomic E-state index is 13.2. The van der Waals surface area contributed by atoms with Crippen molar-refractivity contribution < 1.29 is 13.5 Å². The minimum absolute atomic E-state index is 0.0970. The molecule has 4 rings (SSSR count). The fraction of sp³-hybridized carbons (Fsp3) is 0.263. The van der Waals surface area contributed by atoms with E-state index in [1.807, 2.05) is 25.2 Å². The van der Waals surface area contributed by atoms with Crippen molar-refractivity contribution in [2.24, 2.45) is 0 Å². The Bertz CT molecular complexity index is 1030. The Morgan fingerprint density at radius 1 is 1.15 bits per heavy atom. The van der Waals surface area contributed by atoms with Crippen molar-refractivity contribution in [3.63, 3.8) is 0 Å². The summed E-state index contributed by atoms with van der Waals surface area (Å²) in [5, 5.41) is 10.2. The van der Waals surface area contributed by atoms with Crippen LogP contribution in [-0.4, -0.2) is 49.0 Å². The van der Waals surface area contributed by atoms with E-state index in [0.717, 1.165) is 23.0 Å². The number of sulfonamides is 1. The Balaban J connectivity index is 1.58. The molecule has 0 bridgehead atoms. The van der Waals surface area contributed by atoms with Gasteiger partial charge in [-0.15, -0.1) is 0 Å². The van der Waals surface area contributed by atoms with Crippen LogP contribution < -0.4 is 4.90 Å². The van der Waals surface area contributed by atoms with Gasteiger partial charge in [-0.25, -0.2) is 8.42 Å². The second-order valence-electron chi connectivity index (χ2n) is 6.63. The number of likely N-dealkylation sites (N-methyl/N-ethyl adjacent to an activating group) is 1. The topological polar surface area (TPSA) is 76.6 Å². The number of aromatic hydroxyl groups is 1. The van der Waals surface area contributed by atoms with E-state index in [4.69, 9.17) is 0 Å². The van der Waals surface area contributed by atoms with Crippen molar-refractivity contribution in [2.75, 3.05) is 25.0 Å². The molecule has 1 aliphatic heterocycles. The lowest BCUT2D eigenvalue weighted by Gasteiger charge is -2.27. The lowest BCUT2D eigenvalue weighted by atomic mass is 10.2. The predicted molar refractivity (Wildman–Crippen MR) is 102 cm³/mol. The van der Waals surface area contributed by atoms with E-state index in [2.05, 4.69) is 9.88 Å². The summed E-state index contributed by atoms with van der Waals surface area (Å²) in [5.74, 6) is 0.220. The van der Waals surface area contributed by atoms with Crippen LogP contribution in [0.4, 0.5) is 5.69 Å². The Labute approximate surface area is 152 Å². The lowest BCUT2D eigenvalue weighted by molar-refractivity contribution is 0.471. The van der Waals surface area contributed by atoms with Gasteiger partial charge < -0.3 is 15.0 Å². The summed E-state index contributed by atoms with van der Waals surface area (Å²) in [6, 6.07) is 14.2. The number of aromatic nitrogens is 1. The first kappa shape index (κ1) is 16.9. The summed E-state index contributed by atoms with van der Waals surface area (Å²) in [4.78, 5) is 5.49. The van der Waals surface area contributed by atoms with Gasteiger partial charge >= 0.3 is 0 Å². The van der Waals surface area contributed by atoms with Gasteiger partial charge in [-0.3, -0.25) is 0 Å². The summed E-state index contributed by atoms with van der Waals surface area (Å²) in [6.45, 7) is 0.941. The Morgan fingerprint density at radius 3 is 2.69 bits per heavy atom. The van der Waals surface area contributed by atoms with Gasteiger partial charge in [0.05, 0.1) is 4.90 Å². The number of H-pyrrole nitrogens is 1. The van der Waals surface area contributed by atoms with E-state index in [-0.39, 0.29) is 11.8 Å². The summed E-state index contributed by atoms with van der Waals surface area (Å²) in [5.41, 5.74) is 1.78. The number of rotatable bonds is 4. The smallest absolute Gasteiger partial charge is 0.243 e. The van der Waals surface area contributed by atoms with E-state index < -0.39 is 10.0 Å². The molecular formula is C19H21N3O3S. The number of phenols is 1. The van der Waals surface area contributed by atoms with Gasteiger partial charge in [0, 0.05) is 49.0 Å². The van der Waals surface area contributed by atoms with Gasteiger partial charge in [0.1, 0.15) is 5.75 Å². The van der Waals surface area contributed by atoms with Crippen molar-refractivity contribution in [2.45, 2.75) is 17.4 Å². The molecule has 7 heteroatoms. The molecule has 3 aromatic rings. The summed E-state index contributed by atoms with van der Waals surface area (Å²) in [6.07, 6.45) is 2.52. The summed E-state index contributed by atoms with van der Waals surface area (Å²) >= 11 is 0. The van der Waals surface area contributed by atoms with E-state index in [1.54, 1.807) is 40.8 Å². The van der Waals surface area contributed by atoms with Crippen molar-refractivity contribution in [3.8, 4) is 5.75 Å². The third-order valence-electron chi connectivity index (χ3n) is 5.10. The van der Waals surface area contributed by atoms with Crippen LogP contribution >= 0.6 is 0 Å². The number of hydrogen-bond donors (Lipinski definition) is 2. The highest BCUT2D eigenvalue weighted by Gasteiger charge is 2.35. The molecule has 0 radical (unpaired) electrons. The zero-order chi connectivity index (χ0) is 18.3. The minimum atomic E-state index is -3.54. The molecule has 1 aromatic heterocycles. The van der Waals surface area contributed by atoms with Crippen LogP contribution in [0, 0.1) is 0 Å². The van der Waals surface area contributed by atoms with E-state index >= 15 is 0 Å². The number of phenolic OH excluding ortho intramolecular Hbond substituents is 1. The molecule has 0 spiro atoms. The van der Waals surface area contributed by atoms with Gasteiger partial charge in [0.2, 0.25) is 10.0 Å². The molecule has 136 valence electrons. The Hall–Kier alpha value is -2.51. The monoisotopic (exact) mass is 371 g/mol. The van der Waals surface area contributed by atoms with Gasteiger partial charge in [-0.1, -0.05) is 6.07 Å². The fourth-order valence-corrected chi connectivity index (χ4v) is 5.26. The molecular weight excluding hydrogens is 350 g/mol. The van der Waals surface area contributed by atoms with Crippen molar-refractivity contribution in [1.29, 1.82) is 0 Å². The normalized spacial score (nSPS) is 18.4. The Morgan fingerprint density at radius 2 is 1.92 bits per heavy atom. The first-order chi connectivity index (χ1) is 12.5. The van der Waals surface area contributed by atoms with Gasteiger partial charge in [0.15, 0.2) is 0 Å². The molecule has 0 aliphatic carbocycles. The van der Waals surface area contributed by atoms with Gasteiger partial charge in [-0.05, 0) is 48.9 Å². The second kappa shape index (κ2) is 6.34. The number of anilines is 1. The van der Waals surface area contributed by atoms with Crippen molar-refractivity contribution in [1.82, 2.24) is 9.29 Å². The van der Waals surface area contributed by atoms with Gasteiger partial charge in [0.25, 0.3) is 0 Å². The summed E-state index contributed by atoms with van der Waals surface area (Å²) < 4.78 is 27.9. The van der Waals surface area contributed by atoms with Crippen LogP contribution in [0.1, 0.15) is 6.42 Å². The largest absolute Gasteiger partial charge is 0.508 e. The zero-order valence-electron chi connectivity index (χ0n) is 14.5. The van der Waals surface area contributed by atoms with Crippen LogP contribution in [0.15, 0.2) is 59.6 Å². The highest BCUT2D eigenvalue weighted by molar-refractivity contribution is 7.89. The number of benzene rings is 2. The van der Waals surface area contributed by atoms with Crippen LogP contribution in [0.5, 0.6) is 5.75 Å². The molecule has 2 N–H and O–H groups in total. The number of nitrogens with zero attached hydrogens (tertiary/aromatic N) is 2. The average molecular weight is 371 g/mol. The fourth-order valence-electron chi connectivity index (χ4n) is 3.56. The Kier molecular flexibility index (Phi) is 4.13. The SMILES string of the molecule is CN(c1ccc(O)cc1)[C@@H]1CCN(S(=O)(=O)c2cccc3[nH]ccc23)C1. The molecule has 6 nitrogen and oxygen atoms in total. The first-order valence-corrected chi connectivity index (χ1v) is 9.99. The number of nitrogens with one attached hydrogen (secondary N) is 1. The number of hydrogen-bond acceptors (Lipinski definition) is 4. The third kappa shape index (κ3) is 2.83. The van der Waals surface area contributed by atoms with Crippen LogP contribution in [0.3, 0.4) is 0 Å². The van der Waals surface area contributed by atoms with Gasteiger partial charge in [-0.2, -0.15) is 4.31 Å². The molecule has 26 heavy (non-hydrogen) atoms. The van der Waals surface area contributed by atoms with Crippen molar-refractivity contribution in [3.05, 3.63) is 54.7 Å². The molecule has 1 fully saturated rings. The molecule has 0 amide bonds. The van der Waals surface area contributed by atoms with Crippen LogP contribution in [0.2, 0.25) is 0 Å². The molecule has 2 aromatic carbocycles. The standard InChI is InChI=1S/C19H21N3O3S/c1-21(14-5-7-16(23)8-6-14)15-10-12-22(13-15)26(24,25)19-4-2-3-18-17(19)9-11-20-18/h2-9,11,15,20,23H,10,12-13H2,1H3/t15-/m1/s1. The highest BCUT2D eigenvalue weighted by atomic mass is 32.2. The van der Waals surface area contributed by atoms with Crippen LogP contribution in [-0.2, 0) is 10.0 Å². The summed E-state index contributed by atoms with van der Waals surface area (Å²) in [7, 11) is -1.59. The van der Waals surface area contributed by atoms with E-state index in [9.17, 15) is 13.5 Å². The predicted octanol–water partition coefficient (Wildman–Crippen LogP) is 2.77. The molecule has 0 saturated carbocycles. The first-order valence-electron chi connectivity index (χ1n) is 8.55. The van der Waals surface area contributed by atoms with E-state index in [1.165, 1.54) is 0 Å². The zero-order valence-corrected chi connectivity index (χ0v) is 15.3. The third-order valence-corrected chi connectivity index (χ3v) is 7.03.